The second-order valence-electron chi connectivity index (χ2n) is 7.22. The number of pyridine rings is 1. The van der Waals surface area contributed by atoms with Crippen LogP contribution in [0.5, 0.6) is 0 Å². The standard InChI is InChI=1S/C21H16F4N6O/c1-2-20(32,21(23,24)25)18-12-30(29-27-18)10-13-3-8-17-19(14-4-6-15(22)7-5-14)16(9-26)28-31(17)11-13/h3-8,11-12,32H,2,10H2,1H3. The minimum Gasteiger partial charge on any atom is -0.375 e. The van der Waals surface area contributed by atoms with Crippen LogP contribution in [-0.2, 0) is 12.1 Å². The second kappa shape index (κ2) is 7.72. The quantitative estimate of drug-likeness (QED) is 0.473. The number of nitriles is 1. The first-order chi connectivity index (χ1) is 15.2. The van der Waals surface area contributed by atoms with Crippen LogP contribution in [0.2, 0.25) is 0 Å². The smallest absolute Gasteiger partial charge is 0.375 e. The van der Waals surface area contributed by atoms with Gasteiger partial charge in [0, 0.05) is 11.8 Å². The molecule has 1 N–H and O–H groups in total. The molecule has 7 nitrogen and oxygen atoms in total. The van der Waals surface area contributed by atoms with E-state index >= 15 is 0 Å². The number of rotatable bonds is 5. The average molecular weight is 444 g/mol. The molecule has 0 aliphatic rings. The molecule has 0 aliphatic carbocycles. The van der Waals surface area contributed by atoms with Crippen LogP contribution in [-0.4, -0.2) is 35.9 Å². The molecule has 0 saturated carbocycles. The highest BCUT2D eigenvalue weighted by molar-refractivity contribution is 5.84. The number of nitrogens with zero attached hydrogens (tertiary/aromatic N) is 6. The van der Waals surface area contributed by atoms with Crippen LogP contribution in [0.15, 0.2) is 48.8 Å². The zero-order valence-corrected chi connectivity index (χ0v) is 16.7. The van der Waals surface area contributed by atoms with E-state index < -0.39 is 29.7 Å². The molecule has 1 atom stereocenters. The van der Waals surface area contributed by atoms with Crippen molar-refractivity contribution in [1.82, 2.24) is 24.6 Å². The number of hydrogen-bond acceptors (Lipinski definition) is 5. The Hall–Kier alpha value is -3.78. The first-order valence-electron chi connectivity index (χ1n) is 9.53. The summed E-state index contributed by atoms with van der Waals surface area (Å²) in [5, 5.41) is 31.0. The number of alkyl halides is 3. The molecule has 0 aliphatic heterocycles. The molecule has 0 spiro atoms. The predicted octanol–water partition coefficient (Wildman–Crippen LogP) is 3.81. The lowest BCUT2D eigenvalue weighted by atomic mass is 9.96. The van der Waals surface area contributed by atoms with Crippen LogP contribution >= 0.6 is 0 Å². The number of halogens is 4. The van der Waals surface area contributed by atoms with E-state index in [1.807, 2.05) is 6.07 Å². The van der Waals surface area contributed by atoms with Gasteiger partial charge in [0.1, 0.15) is 17.6 Å². The summed E-state index contributed by atoms with van der Waals surface area (Å²) in [5.41, 5.74) is -1.12. The zero-order chi connectivity index (χ0) is 23.1. The summed E-state index contributed by atoms with van der Waals surface area (Å²) >= 11 is 0. The summed E-state index contributed by atoms with van der Waals surface area (Å²) in [6.07, 6.45) is -2.83. The minimum absolute atomic E-state index is 0.0637. The molecule has 0 bridgehead atoms. The van der Waals surface area contributed by atoms with E-state index in [1.165, 1.54) is 28.3 Å². The van der Waals surface area contributed by atoms with E-state index in [-0.39, 0.29) is 12.2 Å². The monoisotopic (exact) mass is 444 g/mol. The second-order valence-corrected chi connectivity index (χ2v) is 7.22. The third-order valence-electron chi connectivity index (χ3n) is 5.22. The summed E-state index contributed by atoms with van der Waals surface area (Å²) in [5.74, 6) is -0.404. The number of benzene rings is 1. The molecule has 0 fully saturated rings. The van der Waals surface area contributed by atoms with E-state index in [0.29, 0.717) is 22.2 Å². The summed E-state index contributed by atoms with van der Waals surface area (Å²) in [7, 11) is 0. The van der Waals surface area contributed by atoms with Crippen LogP contribution in [0.4, 0.5) is 17.6 Å². The molecule has 0 amide bonds. The zero-order valence-electron chi connectivity index (χ0n) is 16.7. The fourth-order valence-electron chi connectivity index (χ4n) is 3.44. The van der Waals surface area contributed by atoms with Gasteiger partial charge in [0.2, 0.25) is 5.60 Å². The molecule has 4 rings (SSSR count). The van der Waals surface area contributed by atoms with Crippen molar-refractivity contribution in [2.75, 3.05) is 0 Å². The van der Waals surface area contributed by atoms with Gasteiger partial charge in [-0.3, -0.25) is 0 Å². The normalized spacial score (nSPS) is 13.8. The number of hydrogen-bond donors (Lipinski definition) is 1. The van der Waals surface area contributed by atoms with Crippen LogP contribution in [0.1, 0.15) is 30.3 Å². The number of aromatic nitrogens is 5. The van der Waals surface area contributed by atoms with Gasteiger partial charge in [-0.2, -0.15) is 23.5 Å². The van der Waals surface area contributed by atoms with Crippen molar-refractivity contribution in [2.45, 2.75) is 31.7 Å². The first kappa shape index (κ1) is 21.5. The van der Waals surface area contributed by atoms with Crippen molar-refractivity contribution in [3.05, 3.63) is 71.6 Å². The molecular weight excluding hydrogens is 428 g/mol. The summed E-state index contributed by atoms with van der Waals surface area (Å²) < 4.78 is 55.7. The summed E-state index contributed by atoms with van der Waals surface area (Å²) in [4.78, 5) is 0. The van der Waals surface area contributed by atoms with Crippen molar-refractivity contribution < 1.29 is 22.7 Å². The van der Waals surface area contributed by atoms with E-state index in [4.69, 9.17) is 0 Å². The van der Waals surface area contributed by atoms with Gasteiger partial charge in [0.15, 0.2) is 5.69 Å². The lowest BCUT2D eigenvalue weighted by Gasteiger charge is -2.26. The van der Waals surface area contributed by atoms with Crippen LogP contribution in [0.25, 0.3) is 16.6 Å². The van der Waals surface area contributed by atoms with E-state index in [9.17, 15) is 27.9 Å². The van der Waals surface area contributed by atoms with Gasteiger partial charge in [-0.1, -0.05) is 30.3 Å². The SMILES string of the molecule is CCC(O)(c1cn(Cc2ccc3c(-c4ccc(F)cc4)c(C#N)nn3c2)nn1)C(F)(F)F. The van der Waals surface area contributed by atoms with Gasteiger partial charge in [-0.25, -0.2) is 13.6 Å². The Morgan fingerprint density at radius 2 is 1.81 bits per heavy atom. The third-order valence-corrected chi connectivity index (χ3v) is 5.22. The fraction of sp³-hybridized carbons (Fsp3) is 0.238. The van der Waals surface area contributed by atoms with Gasteiger partial charge >= 0.3 is 6.18 Å². The Morgan fingerprint density at radius 1 is 1.09 bits per heavy atom. The number of fused-ring (bicyclic) bond motifs is 1. The van der Waals surface area contributed by atoms with Gasteiger partial charge in [0.25, 0.3) is 0 Å². The molecule has 3 aromatic heterocycles. The fourth-order valence-corrected chi connectivity index (χ4v) is 3.44. The highest BCUT2D eigenvalue weighted by atomic mass is 19.4. The molecule has 1 aromatic carbocycles. The highest BCUT2D eigenvalue weighted by Gasteiger charge is 2.55. The maximum atomic E-state index is 13.3. The van der Waals surface area contributed by atoms with Crippen molar-refractivity contribution >= 4 is 5.52 Å². The van der Waals surface area contributed by atoms with Crippen molar-refractivity contribution in [3.8, 4) is 17.2 Å². The maximum absolute atomic E-state index is 13.3. The van der Waals surface area contributed by atoms with E-state index in [2.05, 4.69) is 15.4 Å². The molecule has 11 heteroatoms. The summed E-state index contributed by atoms with van der Waals surface area (Å²) in [6, 6.07) is 11.1. The largest absolute Gasteiger partial charge is 0.423 e. The Labute approximate surface area is 179 Å². The topological polar surface area (TPSA) is 92.0 Å². The predicted molar refractivity (Wildman–Crippen MR) is 105 cm³/mol. The molecule has 0 radical (unpaired) electrons. The van der Waals surface area contributed by atoms with Gasteiger partial charge in [-0.15, -0.1) is 5.10 Å². The van der Waals surface area contributed by atoms with Crippen molar-refractivity contribution in [2.24, 2.45) is 0 Å². The Morgan fingerprint density at radius 3 is 2.44 bits per heavy atom. The number of aliphatic hydroxyl groups is 1. The van der Waals surface area contributed by atoms with Crippen LogP contribution in [0, 0.1) is 17.1 Å². The minimum atomic E-state index is -4.89. The molecule has 1 unspecified atom stereocenters. The van der Waals surface area contributed by atoms with Crippen molar-refractivity contribution in [1.29, 1.82) is 5.26 Å². The third kappa shape index (κ3) is 3.58. The molecular formula is C21H16F4N6O. The summed E-state index contributed by atoms with van der Waals surface area (Å²) in [6.45, 7) is 1.28. The first-order valence-corrected chi connectivity index (χ1v) is 9.53. The Kier molecular flexibility index (Phi) is 5.18. The van der Waals surface area contributed by atoms with Crippen molar-refractivity contribution in [3.63, 3.8) is 0 Å². The van der Waals surface area contributed by atoms with E-state index in [0.717, 1.165) is 6.20 Å². The van der Waals surface area contributed by atoms with Crippen LogP contribution in [0.3, 0.4) is 0 Å². The average Bonchev–Trinajstić information content (AvgIpc) is 3.37. The molecule has 32 heavy (non-hydrogen) atoms. The lowest BCUT2D eigenvalue weighted by molar-refractivity contribution is -0.269. The van der Waals surface area contributed by atoms with Gasteiger partial charge < -0.3 is 5.11 Å². The lowest BCUT2D eigenvalue weighted by Crippen LogP contribution is -2.42. The van der Waals surface area contributed by atoms with Gasteiger partial charge in [0.05, 0.1) is 18.3 Å². The van der Waals surface area contributed by atoms with E-state index in [1.54, 1.807) is 30.5 Å². The van der Waals surface area contributed by atoms with Gasteiger partial charge in [-0.05, 0) is 35.7 Å². The Balaban J connectivity index is 1.67. The van der Waals surface area contributed by atoms with Crippen LogP contribution < -0.4 is 0 Å². The Bertz CT molecular complexity index is 1320. The maximum Gasteiger partial charge on any atom is 0.423 e. The molecule has 4 aromatic rings. The molecule has 3 heterocycles. The molecule has 0 saturated heterocycles. The highest BCUT2D eigenvalue weighted by Crippen LogP contribution is 2.40. The molecule has 164 valence electrons.